The molecule has 2 N–H and O–H groups in total. The maximum Gasteiger partial charge on any atom is 0.170 e. The summed E-state index contributed by atoms with van der Waals surface area (Å²) in [6.45, 7) is 9.75. The molecule has 4 heteroatoms. The van der Waals surface area contributed by atoms with Crippen molar-refractivity contribution in [2.75, 3.05) is 25.0 Å². The van der Waals surface area contributed by atoms with E-state index in [-0.39, 0.29) is 0 Å². The Morgan fingerprint density at radius 1 is 1.15 bits per heavy atom. The first-order valence-electron chi connectivity index (χ1n) is 9.44. The fourth-order valence-electron chi connectivity index (χ4n) is 3.55. The highest BCUT2D eigenvalue weighted by Gasteiger charge is 2.26. The molecule has 0 unspecified atom stereocenters. The van der Waals surface area contributed by atoms with Crippen LogP contribution in [0, 0.1) is 19.8 Å². The molecule has 1 saturated heterocycles. The van der Waals surface area contributed by atoms with E-state index in [1.54, 1.807) is 0 Å². The molecular formula is C22H29N3S. The second kappa shape index (κ2) is 8.65. The summed E-state index contributed by atoms with van der Waals surface area (Å²) in [4.78, 5) is 2.57. The largest absolute Gasteiger partial charge is 0.362 e. The van der Waals surface area contributed by atoms with Gasteiger partial charge in [-0.2, -0.15) is 0 Å². The molecule has 0 aliphatic carbocycles. The van der Waals surface area contributed by atoms with Gasteiger partial charge in [0.05, 0.1) is 0 Å². The van der Waals surface area contributed by atoms with Crippen molar-refractivity contribution in [3.05, 3.63) is 65.2 Å². The van der Waals surface area contributed by atoms with Crippen molar-refractivity contribution in [3.8, 4) is 0 Å². The molecule has 0 spiro atoms. The normalized spacial score (nSPS) is 18.5. The average molecular weight is 368 g/mol. The monoisotopic (exact) mass is 367 g/mol. The van der Waals surface area contributed by atoms with Gasteiger partial charge in [-0.05, 0) is 80.7 Å². The first kappa shape index (κ1) is 18.9. The van der Waals surface area contributed by atoms with Crippen molar-refractivity contribution >= 4 is 23.0 Å². The highest BCUT2D eigenvalue weighted by molar-refractivity contribution is 7.80. The summed E-state index contributed by atoms with van der Waals surface area (Å²) in [7, 11) is 0. The SMILES string of the molecule is Cc1ccc(NC(=S)NC[C@@H]2CCN([C@@H](C)c3ccccc3)C2)cc1C. The van der Waals surface area contributed by atoms with E-state index >= 15 is 0 Å². The van der Waals surface area contributed by atoms with Crippen LogP contribution in [-0.2, 0) is 0 Å². The lowest BCUT2D eigenvalue weighted by atomic mass is 10.1. The molecule has 2 aromatic rings. The number of thiocarbonyl (C=S) groups is 1. The summed E-state index contributed by atoms with van der Waals surface area (Å²) >= 11 is 5.47. The molecule has 2 aromatic carbocycles. The number of nitrogens with one attached hydrogen (secondary N) is 2. The maximum atomic E-state index is 5.47. The number of anilines is 1. The predicted octanol–water partition coefficient (Wildman–Crippen LogP) is 4.67. The summed E-state index contributed by atoms with van der Waals surface area (Å²) in [5, 5.41) is 7.41. The second-order valence-electron chi connectivity index (χ2n) is 7.37. The molecule has 0 aromatic heterocycles. The van der Waals surface area contributed by atoms with Gasteiger partial charge in [0, 0.05) is 24.8 Å². The molecule has 138 valence electrons. The molecule has 1 fully saturated rings. The van der Waals surface area contributed by atoms with E-state index in [9.17, 15) is 0 Å². The molecule has 1 aliphatic heterocycles. The minimum atomic E-state index is 0.474. The van der Waals surface area contributed by atoms with Gasteiger partial charge in [-0.3, -0.25) is 4.90 Å². The van der Waals surface area contributed by atoms with Gasteiger partial charge in [0.1, 0.15) is 0 Å². The molecule has 1 heterocycles. The average Bonchev–Trinajstić information content (AvgIpc) is 3.12. The van der Waals surface area contributed by atoms with Gasteiger partial charge in [0.15, 0.2) is 5.11 Å². The third-order valence-corrected chi connectivity index (χ3v) is 5.71. The summed E-state index contributed by atoms with van der Waals surface area (Å²) in [5.74, 6) is 0.640. The van der Waals surface area contributed by atoms with Crippen molar-refractivity contribution in [1.29, 1.82) is 0 Å². The topological polar surface area (TPSA) is 27.3 Å². The maximum absolute atomic E-state index is 5.47. The third-order valence-electron chi connectivity index (χ3n) is 5.46. The molecule has 3 rings (SSSR count). The van der Waals surface area contributed by atoms with Crippen LogP contribution in [0.3, 0.4) is 0 Å². The number of rotatable bonds is 5. The Hall–Kier alpha value is -1.91. The molecule has 3 nitrogen and oxygen atoms in total. The van der Waals surface area contributed by atoms with Gasteiger partial charge >= 0.3 is 0 Å². The van der Waals surface area contributed by atoms with Gasteiger partial charge in [-0.25, -0.2) is 0 Å². The van der Waals surface area contributed by atoms with Gasteiger partial charge in [-0.15, -0.1) is 0 Å². The Labute approximate surface area is 162 Å². The fraction of sp³-hybridized carbons (Fsp3) is 0.409. The Morgan fingerprint density at radius 3 is 2.65 bits per heavy atom. The van der Waals surface area contributed by atoms with E-state index < -0.39 is 0 Å². The summed E-state index contributed by atoms with van der Waals surface area (Å²) in [6.07, 6.45) is 1.22. The standard InChI is InChI=1S/C22H29N3S/c1-16-9-10-21(13-17(16)2)24-22(26)23-14-19-11-12-25(15-19)18(3)20-7-5-4-6-8-20/h4-10,13,18-19H,11-12,14-15H2,1-3H3,(H2,23,24,26)/t18-,19-/m0/s1. The highest BCUT2D eigenvalue weighted by atomic mass is 32.1. The first-order valence-corrected chi connectivity index (χ1v) is 9.85. The van der Waals surface area contributed by atoms with Crippen molar-refractivity contribution in [3.63, 3.8) is 0 Å². The van der Waals surface area contributed by atoms with Crippen molar-refractivity contribution in [2.24, 2.45) is 5.92 Å². The van der Waals surface area contributed by atoms with E-state index in [0.29, 0.717) is 17.1 Å². The lowest BCUT2D eigenvalue weighted by Crippen LogP contribution is -2.34. The number of hydrogen-bond acceptors (Lipinski definition) is 2. The zero-order valence-electron chi connectivity index (χ0n) is 16.0. The summed E-state index contributed by atoms with van der Waals surface area (Å²) in [5.41, 5.74) is 5.02. The molecular weight excluding hydrogens is 338 g/mol. The van der Waals surface area contributed by atoms with Crippen LogP contribution >= 0.6 is 12.2 Å². The van der Waals surface area contributed by atoms with E-state index in [1.165, 1.54) is 23.1 Å². The Balaban J connectivity index is 1.45. The summed E-state index contributed by atoms with van der Waals surface area (Å²) in [6, 6.07) is 17.6. The smallest absolute Gasteiger partial charge is 0.170 e. The number of nitrogens with zero attached hydrogens (tertiary/aromatic N) is 1. The van der Waals surface area contributed by atoms with Crippen molar-refractivity contribution in [1.82, 2.24) is 10.2 Å². The zero-order chi connectivity index (χ0) is 18.5. The Bertz CT molecular complexity index is 744. The number of likely N-dealkylation sites (tertiary alicyclic amines) is 1. The van der Waals surface area contributed by atoms with Crippen LogP contribution in [0.2, 0.25) is 0 Å². The quantitative estimate of drug-likeness (QED) is 0.751. The van der Waals surface area contributed by atoms with Gasteiger partial charge in [-0.1, -0.05) is 36.4 Å². The van der Waals surface area contributed by atoms with E-state index in [4.69, 9.17) is 12.2 Å². The van der Waals surface area contributed by atoms with Gasteiger partial charge in [0.25, 0.3) is 0 Å². The lowest BCUT2D eigenvalue weighted by molar-refractivity contribution is 0.253. The van der Waals surface area contributed by atoms with Gasteiger partial charge < -0.3 is 10.6 Å². The van der Waals surface area contributed by atoms with Crippen LogP contribution < -0.4 is 10.6 Å². The number of hydrogen-bond donors (Lipinski definition) is 2. The van der Waals surface area contributed by atoms with Crippen LogP contribution in [0.4, 0.5) is 5.69 Å². The molecule has 0 bridgehead atoms. The molecule has 0 radical (unpaired) electrons. The number of aryl methyl sites for hydroxylation is 2. The Morgan fingerprint density at radius 2 is 1.92 bits per heavy atom. The minimum Gasteiger partial charge on any atom is -0.362 e. The molecule has 0 amide bonds. The predicted molar refractivity (Wildman–Crippen MR) is 115 cm³/mol. The molecule has 2 atom stereocenters. The van der Waals surface area contributed by atoms with Crippen LogP contribution in [0.15, 0.2) is 48.5 Å². The lowest BCUT2D eigenvalue weighted by Gasteiger charge is -2.25. The van der Waals surface area contributed by atoms with Gasteiger partial charge in [0.2, 0.25) is 0 Å². The van der Waals surface area contributed by atoms with Crippen LogP contribution in [0.5, 0.6) is 0 Å². The highest BCUT2D eigenvalue weighted by Crippen LogP contribution is 2.26. The van der Waals surface area contributed by atoms with E-state index in [1.807, 2.05) is 0 Å². The molecule has 26 heavy (non-hydrogen) atoms. The zero-order valence-corrected chi connectivity index (χ0v) is 16.8. The van der Waals surface area contributed by atoms with E-state index in [2.05, 4.69) is 84.8 Å². The van der Waals surface area contributed by atoms with Crippen molar-refractivity contribution in [2.45, 2.75) is 33.2 Å². The Kier molecular flexibility index (Phi) is 6.28. The van der Waals surface area contributed by atoms with Crippen LogP contribution in [0.25, 0.3) is 0 Å². The summed E-state index contributed by atoms with van der Waals surface area (Å²) < 4.78 is 0. The first-order chi connectivity index (χ1) is 12.5. The third kappa shape index (κ3) is 4.83. The fourth-order valence-corrected chi connectivity index (χ4v) is 3.76. The molecule has 0 saturated carbocycles. The molecule has 1 aliphatic rings. The second-order valence-corrected chi connectivity index (χ2v) is 7.78. The van der Waals surface area contributed by atoms with Crippen LogP contribution in [-0.4, -0.2) is 29.6 Å². The van der Waals surface area contributed by atoms with Crippen molar-refractivity contribution < 1.29 is 0 Å². The van der Waals surface area contributed by atoms with Crippen LogP contribution in [0.1, 0.15) is 36.1 Å². The van der Waals surface area contributed by atoms with E-state index in [0.717, 1.165) is 25.3 Å². The minimum absolute atomic E-state index is 0.474. The number of benzene rings is 2.